The SMILES string of the molecule is Cc1ccc(N(c2ccc(C)cc2)c2cc3c4c(c2)N(c2ccccc2C)c2cc5c(cc2B4c2cc(C4C=CC(C(C)(C)C)=CC4C)ccc2N3c2ccccc2C)CC(C)(C)C5)cc1. The van der Waals surface area contributed by atoms with E-state index in [1.165, 1.54) is 95.0 Å². The van der Waals surface area contributed by atoms with Gasteiger partial charge < -0.3 is 14.7 Å². The third-order valence-electron chi connectivity index (χ3n) is 15.0. The second-order valence-electron chi connectivity index (χ2n) is 21.7. The van der Waals surface area contributed by atoms with Crippen LogP contribution in [0.3, 0.4) is 0 Å². The van der Waals surface area contributed by atoms with Gasteiger partial charge >= 0.3 is 0 Å². The number of hydrogen-bond donors (Lipinski definition) is 0. The van der Waals surface area contributed by atoms with Crippen LogP contribution in [0.15, 0.2) is 163 Å². The Kier molecular flexibility index (Phi) is 9.93. The normalized spacial score (nSPS) is 17.8. The number of aryl methyl sites for hydroxylation is 4. The number of hydrogen-bond acceptors (Lipinski definition) is 3. The topological polar surface area (TPSA) is 9.72 Å². The summed E-state index contributed by atoms with van der Waals surface area (Å²) >= 11 is 0. The summed E-state index contributed by atoms with van der Waals surface area (Å²) in [5.74, 6) is 0.653. The molecule has 328 valence electrons. The predicted octanol–water partition coefficient (Wildman–Crippen LogP) is 14.9. The van der Waals surface area contributed by atoms with Crippen molar-refractivity contribution in [1.82, 2.24) is 0 Å². The summed E-state index contributed by atoms with van der Waals surface area (Å²) in [6.45, 7) is 23.2. The first-order valence-corrected chi connectivity index (χ1v) is 24.2. The van der Waals surface area contributed by atoms with E-state index in [1.807, 2.05) is 0 Å². The molecular formula is C62H62BN3. The highest BCUT2D eigenvalue weighted by Gasteiger charge is 2.46. The summed E-state index contributed by atoms with van der Waals surface area (Å²) < 4.78 is 0. The molecule has 0 fully saturated rings. The van der Waals surface area contributed by atoms with Crippen LogP contribution in [-0.4, -0.2) is 6.71 Å². The van der Waals surface area contributed by atoms with E-state index in [0.717, 1.165) is 29.9 Å². The lowest BCUT2D eigenvalue weighted by Gasteiger charge is -2.46. The molecule has 66 heavy (non-hydrogen) atoms. The number of anilines is 9. The first-order valence-electron chi connectivity index (χ1n) is 24.2. The Morgan fingerprint density at radius 2 is 1.09 bits per heavy atom. The van der Waals surface area contributed by atoms with Crippen molar-refractivity contribution in [3.8, 4) is 0 Å². The third kappa shape index (κ3) is 7.03. The standard InChI is InChI=1S/C62H62BN3/c1-39-19-25-48(26-20-39)64(49-27-21-40(2)22-28-49)50-35-58-60-59(36-50)66(55-18-14-12-16-42(55)4)57-34-46-38-62(9,10)37-45(46)33-53(57)63(60)52-32-44(51-29-24-47(31-43(51)5)61(6,7)8)23-30-56(52)65(58)54-17-13-11-15-41(54)3/h11-36,43,51H,37-38H2,1-10H3. The zero-order valence-corrected chi connectivity index (χ0v) is 40.5. The summed E-state index contributed by atoms with van der Waals surface area (Å²) in [6.07, 6.45) is 9.56. The predicted molar refractivity (Wildman–Crippen MR) is 284 cm³/mol. The van der Waals surface area contributed by atoms with Gasteiger partial charge in [0.05, 0.1) is 5.69 Å². The number of para-hydroxylation sites is 2. The van der Waals surface area contributed by atoms with Crippen LogP contribution in [0, 0.1) is 44.4 Å². The molecule has 11 rings (SSSR count). The van der Waals surface area contributed by atoms with Crippen LogP contribution in [0.25, 0.3) is 0 Å². The van der Waals surface area contributed by atoms with Crippen LogP contribution in [-0.2, 0) is 12.8 Å². The average Bonchev–Trinajstić information content (AvgIpc) is 3.60. The van der Waals surface area contributed by atoms with E-state index < -0.39 is 0 Å². The molecule has 0 radical (unpaired) electrons. The van der Waals surface area contributed by atoms with Gasteiger partial charge in [-0.2, -0.15) is 0 Å². The molecule has 2 aliphatic carbocycles. The molecule has 7 aromatic carbocycles. The zero-order valence-electron chi connectivity index (χ0n) is 40.5. The Balaban J connectivity index is 1.24. The zero-order chi connectivity index (χ0) is 45.8. The molecule has 0 N–H and O–H groups in total. The van der Waals surface area contributed by atoms with Gasteiger partial charge in [0.1, 0.15) is 0 Å². The Morgan fingerprint density at radius 3 is 1.64 bits per heavy atom. The monoisotopic (exact) mass is 860 g/mol. The van der Waals surface area contributed by atoms with Crippen LogP contribution in [0.4, 0.5) is 51.2 Å². The van der Waals surface area contributed by atoms with Crippen LogP contribution >= 0.6 is 0 Å². The van der Waals surface area contributed by atoms with E-state index in [4.69, 9.17) is 0 Å². The second kappa shape index (κ2) is 15.5. The van der Waals surface area contributed by atoms with Gasteiger partial charge in [0.2, 0.25) is 0 Å². The van der Waals surface area contributed by atoms with Crippen molar-refractivity contribution in [2.45, 2.75) is 88.0 Å². The Bertz CT molecular complexity index is 3080. The van der Waals surface area contributed by atoms with Crippen LogP contribution < -0.4 is 31.1 Å². The van der Waals surface area contributed by atoms with E-state index in [0.29, 0.717) is 5.92 Å². The second-order valence-corrected chi connectivity index (χ2v) is 21.7. The van der Waals surface area contributed by atoms with E-state index in [2.05, 4.69) is 242 Å². The van der Waals surface area contributed by atoms with Gasteiger partial charge in [0.15, 0.2) is 0 Å². The molecule has 0 saturated heterocycles. The molecule has 4 heteroatoms. The molecule has 2 aliphatic heterocycles. The minimum atomic E-state index is 0.0132. The highest BCUT2D eigenvalue weighted by atomic mass is 15.2. The highest BCUT2D eigenvalue weighted by Crippen LogP contribution is 2.51. The molecule has 7 aromatic rings. The average molecular weight is 860 g/mol. The van der Waals surface area contributed by atoms with Crippen LogP contribution in [0.1, 0.15) is 86.4 Å². The lowest BCUT2D eigenvalue weighted by Crippen LogP contribution is -2.61. The molecule has 2 unspecified atom stereocenters. The van der Waals surface area contributed by atoms with Gasteiger partial charge in [0, 0.05) is 51.4 Å². The van der Waals surface area contributed by atoms with Crippen molar-refractivity contribution in [3.63, 3.8) is 0 Å². The molecule has 4 aliphatic rings. The summed E-state index contributed by atoms with van der Waals surface area (Å²) in [4.78, 5) is 7.70. The summed E-state index contributed by atoms with van der Waals surface area (Å²) in [6, 6.07) is 53.7. The maximum atomic E-state index is 2.63. The fourth-order valence-electron chi connectivity index (χ4n) is 11.6. The van der Waals surface area contributed by atoms with Gasteiger partial charge in [-0.05, 0) is 168 Å². The highest BCUT2D eigenvalue weighted by molar-refractivity contribution is 7.00. The van der Waals surface area contributed by atoms with Crippen molar-refractivity contribution < 1.29 is 0 Å². The molecule has 0 aromatic heterocycles. The largest absolute Gasteiger partial charge is 0.311 e. The number of rotatable bonds is 6. The van der Waals surface area contributed by atoms with Crippen LogP contribution in [0.2, 0.25) is 0 Å². The van der Waals surface area contributed by atoms with Crippen molar-refractivity contribution >= 4 is 74.3 Å². The molecule has 0 saturated carbocycles. The first kappa shape index (κ1) is 42.1. The maximum Gasteiger partial charge on any atom is 0.252 e. The molecule has 2 atom stereocenters. The lowest BCUT2D eigenvalue weighted by molar-refractivity contribution is 0.392. The van der Waals surface area contributed by atoms with Crippen molar-refractivity contribution in [2.75, 3.05) is 14.7 Å². The summed E-state index contributed by atoms with van der Waals surface area (Å²) in [5.41, 5.74) is 26.0. The molecular weight excluding hydrogens is 798 g/mol. The minimum absolute atomic E-state index is 0.0132. The molecule has 2 heterocycles. The summed E-state index contributed by atoms with van der Waals surface area (Å²) in [7, 11) is 0. The molecule has 0 amide bonds. The summed E-state index contributed by atoms with van der Waals surface area (Å²) in [5, 5.41) is 0. The third-order valence-corrected chi connectivity index (χ3v) is 15.0. The fourth-order valence-corrected chi connectivity index (χ4v) is 11.6. The number of fused-ring (bicyclic) bond motifs is 5. The smallest absolute Gasteiger partial charge is 0.252 e. The van der Waals surface area contributed by atoms with E-state index in [1.54, 1.807) is 0 Å². The van der Waals surface area contributed by atoms with Gasteiger partial charge in [-0.25, -0.2) is 0 Å². The van der Waals surface area contributed by atoms with Crippen molar-refractivity contribution in [2.24, 2.45) is 16.7 Å². The van der Waals surface area contributed by atoms with E-state index in [9.17, 15) is 0 Å². The van der Waals surface area contributed by atoms with Gasteiger partial charge in [-0.1, -0.05) is 150 Å². The molecule has 3 nitrogen and oxygen atoms in total. The number of nitrogens with zero attached hydrogens (tertiary/aromatic N) is 3. The molecule has 0 spiro atoms. The Labute approximate surface area is 394 Å². The minimum Gasteiger partial charge on any atom is -0.311 e. The number of allylic oxidation sites excluding steroid dienone is 4. The van der Waals surface area contributed by atoms with Gasteiger partial charge in [0.25, 0.3) is 6.71 Å². The van der Waals surface area contributed by atoms with E-state index in [-0.39, 0.29) is 23.5 Å². The fraction of sp³-hybridized carbons (Fsp3) is 0.258. The quantitative estimate of drug-likeness (QED) is 0.154. The molecule has 0 bridgehead atoms. The van der Waals surface area contributed by atoms with Crippen molar-refractivity contribution in [1.29, 1.82) is 0 Å². The first-order chi connectivity index (χ1) is 31.6. The van der Waals surface area contributed by atoms with Gasteiger partial charge in [-0.3, -0.25) is 0 Å². The maximum absolute atomic E-state index is 2.63. The van der Waals surface area contributed by atoms with Gasteiger partial charge in [-0.15, -0.1) is 0 Å². The number of benzene rings is 7. The lowest BCUT2D eigenvalue weighted by atomic mass is 9.33. The van der Waals surface area contributed by atoms with E-state index >= 15 is 0 Å². The Hall–Kier alpha value is -6.52. The Morgan fingerprint density at radius 1 is 0.561 bits per heavy atom. The van der Waals surface area contributed by atoms with Crippen molar-refractivity contribution in [3.05, 3.63) is 202 Å². The van der Waals surface area contributed by atoms with Crippen LogP contribution in [0.5, 0.6) is 0 Å².